The Labute approximate surface area is 126 Å². The first-order valence-corrected chi connectivity index (χ1v) is 7.63. The summed E-state index contributed by atoms with van der Waals surface area (Å²) < 4.78 is 0. The topological polar surface area (TPSA) is 61.4 Å². The minimum absolute atomic E-state index is 0.00283. The zero-order valence-electron chi connectivity index (χ0n) is 13.4. The number of amides is 1. The summed E-state index contributed by atoms with van der Waals surface area (Å²) in [6.07, 6.45) is 0. The lowest BCUT2D eigenvalue weighted by Gasteiger charge is -2.33. The largest absolute Gasteiger partial charge is 0.368 e. The molecule has 0 atom stereocenters. The van der Waals surface area contributed by atoms with Gasteiger partial charge in [-0.3, -0.25) is 4.79 Å². The van der Waals surface area contributed by atoms with Crippen molar-refractivity contribution in [2.45, 2.75) is 33.7 Å². The average molecular weight is 291 g/mol. The molecule has 1 fully saturated rings. The molecule has 1 aliphatic rings. The van der Waals surface area contributed by atoms with Crippen LogP contribution in [0, 0.1) is 6.92 Å². The Hall–Kier alpha value is -1.69. The van der Waals surface area contributed by atoms with Crippen LogP contribution in [0.15, 0.2) is 6.07 Å². The Morgan fingerprint density at radius 2 is 1.95 bits per heavy atom. The Bertz CT molecular complexity index is 495. The van der Waals surface area contributed by atoms with Crippen LogP contribution in [-0.2, 0) is 0 Å². The highest BCUT2D eigenvalue weighted by molar-refractivity contribution is 5.93. The molecule has 1 amide bonds. The van der Waals surface area contributed by atoms with Gasteiger partial charge in [-0.2, -0.15) is 0 Å². The predicted molar refractivity (Wildman–Crippen MR) is 83.5 cm³/mol. The van der Waals surface area contributed by atoms with Crippen molar-refractivity contribution in [1.29, 1.82) is 0 Å². The first-order chi connectivity index (χ1) is 9.99. The third kappa shape index (κ3) is 4.14. The van der Waals surface area contributed by atoms with Gasteiger partial charge in [0.15, 0.2) is 0 Å². The maximum Gasteiger partial charge on any atom is 0.272 e. The number of rotatable bonds is 4. The Morgan fingerprint density at radius 3 is 2.52 bits per heavy atom. The van der Waals surface area contributed by atoms with Gasteiger partial charge in [0.1, 0.15) is 17.3 Å². The molecule has 1 aromatic heterocycles. The van der Waals surface area contributed by atoms with Crippen LogP contribution in [0.5, 0.6) is 0 Å². The van der Waals surface area contributed by atoms with Crippen molar-refractivity contribution in [3.05, 3.63) is 17.6 Å². The van der Waals surface area contributed by atoms with Crippen LogP contribution in [0.3, 0.4) is 0 Å². The number of piperazine rings is 1. The molecule has 2 heterocycles. The Kier molecular flexibility index (Phi) is 5.12. The van der Waals surface area contributed by atoms with Gasteiger partial charge >= 0.3 is 0 Å². The third-order valence-electron chi connectivity index (χ3n) is 3.60. The van der Waals surface area contributed by atoms with Crippen LogP contribution in [0.4, 0.5) is 5.82 Å². The molecule has 0 radical (unpaired) electrons. The van der Waals surface area contributed by atoms with Crippen LogP contribution in [0.2, 0.25) is 0 Å². The molecule has 6 nitrogen and oxygen atoms in total. The highest BCUT2D eigenvalue weighted by atomic mass is 16.2. The first kappa shape index (κ1) is 15.7. The number of likely N-dealkylation sites (N-methyl/N-ethyl adjacent to an activating group) is 1. The molecule has 1 N–H and O–H groups in total. The van der Waals surface area contributed by atoms with E-state index >= 15 is 0 Å². The van der Waals surface area contributed by atoms with E-state index in [1.165, 1.54) is 0 Å². The number of nitrogens with one attached hydrogen (secondary N) is 1. The second-order valence-corrected chi connectivity index (χ2v) is 5.71. The van der Waals surface area contributed by atoms with Crippen molar-refractivity contribution in [3.63, 3.8) is 0 Å². The van der Waals surface area contributed by atoms with Crippen molar-refractivity contribution in [2.24, 2.45) is 0 Å². The minimum atomic E-state index is 0.00283. The number of hydrogen-bond donors (Lipinski definition) is 1. The van der Waals surface area contributed by atoms with Gasteiger partial charge < -0.3 is 15.1 Å². The molecule has 6 heteroatoms. The summed E-state index contributed by atoms with van der Waals surface area (Å²) in [6.45, 7) is 12.5. The fraction of sp³-hybridized carbons (Fsp3) is 0.667. The van der Waals surface area contributed by atoms with Crippen LogP contribution < -0.4 is 5.32 Å². The molecule has 116 valence electrons. The van der Waals surface area contributed by atoms with Gasteiger partial charge in [0.25, 0.3) is 5.91 Å². The van der Waals surface area contributed by atoms with E-state index in [-0.39, 0.29) is 11.9 Å². The summed E-state index contributed by atoms with van der Waals surface area (Å²) in [6, 6.07) is 2.02. The number of nitrogens with zero attached hydrogens (tertiary/aromatic N) is 4. The van der Waals surface area contributed by atoms with Crippen molar-refractivity contribution in [2.75, 3.05) is 38.0 Å². The molecule has 0 bridgehead atoms. The van der Waals surface area contributed by atoms with E-state index in [0.717, 1.165) is 32.7 Å². The summed E-state index contributed by atoms with van der Waals surface area (Å²) in [4.78, 5) is 25.4. The molecular weight excluding hydrogens is 266 g/mol. The van der Waals surface area contributed by atoms with Crippen LogP contribution in [0.1, 0.15) is 37.1 Å². The molecule has 0 unspecified atom stereocenters. The SMILES string of the molecule is CCN1CCN(C(=O)c2cc(NC(C)C)nc(C)n2)CC1. The molecule has 1 saturated heterocycles. The third-order valence-corrected chi connectivity index (χ3v) is 3.60. The molecule has 1 aromatic rings. The molecule has 0 spiro atoms. The zero-order chi connectivity index (χ0) is 15.4. The van der Waals surface area contributed by atoms with E-state index in [1.54, 1.807) is 6.07 Å². The smallest absolute Gasteiger partial charge is 0.272 e. The van der Waals surface area contributed by atoms with Gasteiger partial charge in [-0.15, -0.1) is 0 Å². The number of aromatic nitrogens is 2. The van der Waals surface area contributed by atoms with Gasteiger partial charge in [-0.05, 0) is 27.3 Å². The standard InChI is InChI=1S/C15H25N5O/c1-5-19-6-8-20(9-7-19)15(21)13-10-14(16-11(2)3)18-12(4)17-13/h10-11H,5-9H2,1-4H3,(H,16,17,18). The van der Waals surface area contributed by atoms with Crippen molar-refractivity contribution in [3.8, 4) is 0 Å². The highest BCUT2D eigenvalue weighted by Crippen LogP contribution is 2.12. The number of aryl methyl sites for hydroxylation is 1. The normalized spacial score (nSPS) is 16.3. The average Bonchev–Trinajstić information content (AvgIpc) is 2.45. The van der Waals surface area contributed by atoms with Gasteiger partial charge in [0.2, 0.25) is 0 Å². The Morgan fingerprint density at radius 1 is 1.29 bits per heavy atom. The highest BCUT2D eigenvalue weighted by Gasteiger charge is 2.23. The quantitative estimate of drug-likeness (QED) is 0.908. The molecule has 21 heavy (non-hydrogen) atoms. The van der Waals surface area contributed by atoms with Gasteiger partial charge in [0, 0.05) is 38.3 Å². The number of anilines is 1. The van der Waals surface area contributed by atoms with Gasteiger partial charge in [-0.1, -0.05) is 6.92 Å². The Balaban J connectivity index is 2.10. The van der Waals surface area contributed by atoms with E-state index < -0.39 is 0 Å². The zero-order valence-corrected chi connectivity index (χ0v) is 13.4. The lowest BCUT2D eigenvalue weighted by molar-refractivity contribution is 0.0637. The lowest BCUT2D eigenvalue weighted by Crippen LogP contribution is -2.48. The van der Waals surface area contributed by atoms with E-state index in [0.29, 0.717) is 17.3 Å². The number of carbonyl (C=O) groups excluding carboxylic acids is 1. The second-order valence-electron chi connectivity index (χ2n) is 5.71. The summed E-state index contributed by atoms with van der Waals surface area (Å²) in [5.74, 6) is 1.34. The predicted octanol–water partition coefficient (Wildman–Crippen LogP) is 1.38. The first-order valence-electron chi connectivity index (χ1n) is 7.63. The fourth-order valence-corrected chi connectivity index (χ4v) is 2.48. The van der Waals surface area contributed by atoms with Gasteiger partial charge in [-0.25, -0.2) is 9.97 Å². The van der Waals surface area contributed by atoms with Crippen molar-refractivity contribution >= 4 is 11.7 Å². The maximum atomic E-state index is 12.6. The molecule has 2 rings (SSSR count). The van der Waals surface area contributed by atoms with E-state index in [4.69, 9.17) is 0 Å². The fourth-order valence-electron chi connectivity index (χ4n) is 2.48. The van der Waals surface area contributed by atoms with E-state index in [1.807, 2.05) is 25.7 Å². The lowest BCUT2D eigenvalue weighted by atomic mass is 10.2. The summed E-state index contributed by atoms with van der Waals surface area (Å²) in [7, 11) is 0. The van der Waals surface area contributed by atoms with Crippen molar-refractivity contribution < 1.29 is 4.79 Å². The van der Waals surface area contributed by atoms with E-state index in [2.05, 4.69) is 27.1 Å². The van der Waals surface area contributed by atoms with Crippen LogP contribution in [-0.4, -0.2) is 64.4 Å². The summed E-state index contributed by atoms with van der Waals surface area (Å²) in [5, 5.41) is 3.23. The maximum absolute atomic E-state index is 12.6. The van der Waals surface area contributed by atoms with Crippen molar-refractivity contribution in [1.82, 2.24) is 19.8 Å². The van der Waals surface area contributed by atoms with Crippen LogP contribution >= 0.6 is 0 Å². The summed E-state index contributed by atoms with van der Waals surface area (Å²) in [5.41, 5.74) is 0.482. The number of carbonyl (C=O) groups is 1. The molecule has 0 aromatic carbocycles. The molecule has 0 aliphatic carbocycles. The molecular formula is C15H25N5O. The molecule has 0 saturated carbocycles. The monoisotopic (exact) mass is 291 g/mol. The van der Waals surface area contributed by atoms with E-state index in [9.17, 15) is 4.79 Å². The minimum Gasteiger partial charge on any atom is -0.368 e. The summed E-state index contributed by atoms with van der Waals surface area (Å²) >= 11 is 0. The number of hydrogen-bond acceptors (Lipinski definition) is 5. The van der Waals surface area contributed by atoms with Crippen LogP contribution in [0.25, 0.3) is 0 Å². The van der Waals surface area contributed by atoms with Gasteiger partial charge in [0.05, 0.1) is 0 Å². The molecule has 1 aliphatic heterocycles. The second kappa shape index (κ2) is 6.85.